The molecule has 1 N–H and O–H groups in total. The van der Waals surface area contributed by atoms with E-state index < -0.39 is 11.8 Å². The second-order valence-corrected chi connectivity index (χ2v) is 6.69. The Labute approximate surface area is 171 Å². The third kappa shape index (κ3) is 2.47. The van der Waals surface area contributed by atoms with E-state index in [2.05, 4.69) is 15.2 Å². The van der Waals surface area contributed by atoms with Crippen molar-refractivity contribution in [1.82, 2.24) is 15.2 Å². The second-order valence-electron chi connectivity index (χ2n) is 6.69. The standard InChI is InChI=1S/C22H16N4O4/c1-29-13-8-9-15(16(10-13)30-2)26-21(27)14-11-23-20-18(17(14)22(26)28)19(24-25-20)12-6-4-3-5-7-12/h3-11H,1-2H3,(H,23,24,25). The van der Waals surface area contributed by atoms with Crippen molar-refractivity contribution in [3.05, 3.63) is 65.9 Å². The van der Waals surface area contributed by atoms with E-state index in [9.17, 15) is 9.59 Å². The first-order chi connectivity index (χ1) is 14.6. The fourth-order valence-corrected chi connectivity index (χ4v) is 3.70. The van der Waals surface area contributed by atoms with Crippen LogP contribution in [0.3, 0.4) is 0 Å². The second kappa shape index (κ2) is 6.70. The molecule has 0 aliphatic carbocycles. The van der Waals surface area contributed by atoms with E-state index in [1.807, 2.05) is 30.3 Å². The molecule has 2 amide bonds. The van der Waals surface area contributed by atoms with Gasteiger partial charge in [0.25, 0.3) is 11.8 Å². The summed E-state index contributed by atoms with van der Waals surface area (Å²) < 4.78 is 10.6. The third-order valence-electron chi connectivity index (χ3n) is 5.12. The lowest BCUT2D eigenvalue weighted by molar-refractivity contribution is 0.0925. The molecular formula is C22H16N4O4. The number of fused-ring (bicyclic) bond motifs is 3. The number of anilines is 1. The van der Waals surface area contributed by atoms with Crippen LogP contribution in [0, 0.1) is 0 Å². The number of ether oxygens (including phenoxy) is 2. The highest BCUT2D eigenvalue weighted by atomic mass is 16.5. The summed E-state index contributed by atoms with van der Waals surface area (Å²) in [4.78, 5) is 32.1. The summed E-state index contributed by atoms with van der Waals surface area (Å²) in [5.41, 5.74) is 2.69. The fraction of sp³-hybridized carbons (Fsp3) is 0.0909. The fourth-order valence-electron chi connectivity index (χ4n) is 3.70. The highest BCUT2D eigenvalue weighted by Crippen LogP contribution is 2.40. The first kappa shape index (κ1) is 17.9. The van der Waals surface area contributed by atoms with Crippen LogP contribution in [-0.2, 0) is 0 Å². The van der Waals surface area contributed by atoms with Gasteiger partial charge in [0.15, 0.2) is 5.65 Å². The molecule has 0 fully saturated rings. The molecule has 0 atom stereocenters. The number of benzene rings is 2. The minimum absolute atomic E-state index is 0.226. The van der Waals surface area contributed by atoms with Gasteiger partial charge < -0.3 is 9.47 Å². The van der Waals surface area contributed by atoms with Crippen molar-refractivity contribution in [3.8, 4) is 22.8 Å². The van der Waals surface area contributed by atoms with Gasteiger partial charge in [0.05, 0.1) is 42.1 Å². The van der Waals surface area contributed by atoms with Crippen LogP contribution in [0.5, 0.6) is 11.5 Å². The summed E-state index contributed by atoms with van der Waals surface area (Å²) in [6.07, 6.45) is 1.39. The van der Waals surface area contributed by atoms with Crippen molar-refractivity contribution in [2.45, 2.75) is 0 Å². The SMILES string of the molecule is COc1ccc(N2C(=O)c3cnc4n[nH]c(-c5ccccc5)c4c3C2=O)c(OC)c1. The van der Waals surface area contributed by atoms with E-state index >= 15 is 0 Å². The monoisotopic (exact) mass is 400 g/mol. The van der Waals surface area contributed by atoms with E-state index in [0.29, 0.717) is 33.9 Å². The van der Waals surface area contributed by atoms with Gasteiger partial charge in [0.1, 0.15) is 11.5 Å². The smallest absolute Gasteiger partial charge is 0.267 e. The van der Waals surface area contributed by atoms with Gasteiger partial charge in [0.2, 0.25) is 0 Å². The maximum absolute atomic E-state index is 13.5. The zero-order valence-corrected chi connectivity index (χ0v) is 16.2. The van der Waals surface area contributed by atoms with Crippen LogP contribution >= 0.6 is 0 Å². The molecule has 0 bridgehead atoms. The Morgan fingerprint density at radius 1 is 0.967 bits per heavy atom. The molecule has 1 aliphatic rings. The first-order valence-corrected chi connectivity index (χ1v) is 9.17. The molecule has 2 aromatic carbocycles. The van der Waals surface area contributed by atoms with Crippen LogP contribution in [-0.4, -0.2) is 41.2 Å². The highest BCUT2D eigenvalue weighted by molar-refractivity contribution is 6.38. The van der Waals surface area contributed by atoms with Crippen LogP contribution in [0.2, 0.25) is 0 Å². The number of methoxy groups -OCH3 is 2. The largest absolute Gasteiger partial charge is 0.497 e. The van der Waals surface area contributed by atoms with Crippen molar-refractivity contribution >= 4 is 28.5 Å². The lowest BCUT2D eigenvalue weighted by Gasteiger charge is -2.18. The van der Waals surface area contributed by atoms with E-state index in [0.717, 1.165) is 10.5 Å². The van der Waals surface area contributed by atoms with Gasteiger partial charge in [-0.15, -0.1) is 0 Å². The van der Waals surface area contributed by atoms with E-state index in [4.69, 9.17) is 9.47 Å². The number of aromatic nitrogens is 3. The van der Waals surface area contributed by atoms with Crippen molar-refractivity contribution in [2.24, 2.45) is 0 Å². The number of hydrogen-bond donors (Lipinski definition) is 1. The lowest BCUT2D eigenvalue weighted by Crippen LogP contribution is -2.29. The molecule has 3 heterocycles. The molecule has 0 unspecified atom stereocenters. The Kier molecular flexibility index (Phi) is 3.99. The highest BCUT2D eigenvalue weighted by Gasteiger charge is 2.41. The summed E-state index contributed by atoms with van der Waals surface area (Å²) in [5.74, 6) is -0.0153. The van der Waals surface area contributed by atoms with E-state index in [-0.39, 0.29) is 11.1 Å². The van der Waals surface area contributed by atoms with Crippen LogP contribution < -0.4 is 14.4 Å². The molecule has 148 valence electrons. The maximum Gasteiger partial charge on any atom is 0.267 e. The quantitative estimate of drug-likeness (QED) is 0.527. The van der Waals surface area contributed by atoms with E-state index in [1.165, 1.54) is 20.4 Å². The summed E-state index contributed by atoms with van der Waals surface area (Å²) in [6, 6.07) is 14.4. The Hall–Kier alpha value is -4.20. The minimum Gasteiger partial charge on any atom is -0.497 e. The molecular weight excluding hydrogens is 384 g/mol. The molecule has 30 heavy (non-hydrogen) atoms. The van der Waals surface area contributed by atoms with E-state index in [1.54, 1.807) is 18.2 Å². The molecule has 8 nitrogen and oxygen atoms in total. The van der Waals surface area contributed by atoms with Crippen LogP contribution in [0.15, 0.2) is 54.7 Å². The molecule has 0 saturated heterocycles. The number of aromatic amines is 1. The first-order valence-electron chi connectivity index (χ1n) is 9.17. The van der Waals surface area contributed by atoms with Gasteiger partial charge in [-0.1, -0.05) is 30.3 Å². The van der Waals surface area contributed by atoms with Crippen molar-refractivity contribution < 1.29 is 19.1 Å². The van der Waals surface area contributed by atoms with Gasteiger partial charge in [0, 0.05) is 17.8 Å². The van der Waals surface area contributed by atoms with Gasteiger partial charge in [-0.2, -0.15) is 5.10 Å². The predicted octanol–water partition coefficient (Wildman–Crippen LogP) is 3.44. The number of hydrogen-bond acceptors (Lipinski definition) is 6. The minimum atomic E-state index is -0.465. The molecule has 0 spiro atoms. The number of H-pyrrole nitrogens is 1. The molecule has 4 aromatic rings. The number of rotatable bonds is 4. The molecule has 1 aliphatic heterocycles. The van der Waals surface area contributed by atoms with Crippen molar-refractivity contribution in [3.63, 3.8) is 0 Å². The maximum atomic E-state index is 13.5. The molecule has 5 rings (SSSR count). The number of carbonyl (C=O) groups excluding carboxylic acids is 2. The van der Waals surface area contributed by atoms with Crippen LogP contribution in [0.25, 0.3) is 22.3 Å². The lowest BCUT2D eigenvalue weighted by atomic mass is 10.0. The Morgan fingerprint density at radius 2 is 1.77 bits per heavy atom. The molecule has 2 aromatic heterocycles. The number of carbonyl (C=O) groups is 2. The topological polar surface area (TPSA) is 97.4 Å². The predicted molar refractivity (Wildman–Crippen MR) is 110 cm³/mol. The molecule has 0 radical (unpaired) electrons. The summed E-state index contributed by atoms with van der Waals surface area (Å²) >= 11 is 0. The van der Waals surface area contributed by atoms with Gasteiger partial charge >= 0.3 is 0 Å². The number of nitrogens with one attached hydrogen (secondary N) is 1. The van der Waals surface area contributed by atoms with Gasteiger partial charge in [-0.25, -0.2) is 9.88 Å². The number of pyridine rings is 1. The van der Waals surface area contributed by atoms with Crippen LogP contribution in [0.1, 0.15) is 20.7 Å². The summed E-state index contributed by atoms with van der Waals surface area (Å²) in [5, 5.41) is 7.70. The normalized spacial score (nSPS) is 13.1. The zero-order valence-electron chi connectivity index (χ0n) is 16.2. The number of imide groups is 1. The van der Waals surface area contributed by atoms with Crippen molar-refractivity contribution in [1.29, 1.82) is 0 Å². The summed E-state index contributed by atoms with van der Waals surface area (Å²) in [7, 11) is 3.00. The molecule has 8 heteroatoms. The Balaban J connectivity index is 1.71. The number of nitrogens with zero attached hydrogens (tertiary/aromatic N) is 3. The van der Waals surface area contributed by atoms with Gasteiger partial charge in [-0.05, 0) is 12.1 Å². The third-order valence-corrected chi connectivity index (χ3v) is 5.12. The average molecular weight is 400 g/mol. The number of amides is 2. The Morgan fingerprint density at radius 3 is 2.50 bits per heavy atom. The van der Waals surface area contributed by atoms with Gasteiger partial charge in [-0.3, -0.25) is 14.7 Å². The summed E-state index contributed by atoms with van der Waals surface area (Å²) in [6.45, 7) is 0. The molecule has 0 saturated carbocycles. The van der Waals surface area contributed by atoms with Crippen molar-refractivity contribution in [2.75, 3.05) is 19.1 Å². The Bertz CT molecular complexity index is 1310. The zero-order chi connectivity index (χ0) is 20.8. The van der Waals surface area contributed by atoms with Crippen LogP contribution in [0.4, 0.5) is 5.69 Å². The average Bonchev–Trinajstić information content (AvgIpc) is 3.33.